The number of carbonyl (C=O) groups is 2. The topological polar surface area (TPSA) is 52.6 Å². The summed E-state index contributed by atoms with van der Waals surface area (Å²) in [5, 5.41) is 0. The van der Waals surface area contributed by atoms with Crippen LogP contribution in [-0.2, 0) is 19.1 Å². The fraction of sp³-hybridized carbons (Fsp3) is 0.778. The van der Waals surface area contributed by atoms with Crippen molar-refractivity contribution in [2.24, 2.45) is 0 Å². The molecule has 0 aromatic carbocycles. The minimum atomic E-state index is -0.261. The second kappa shape index (κ2) is 4.84. The Balaban J connectivity index is 2.00. The zero-order valence-corrected chi connectivity index (χ0v) is 7.75. The fourth-order valence-corrected chi connectivity index (χ4v) is 1.31. The molecule has 0 saturated carbocycles. The molecule has 1 unspecified atom stereocenters. The van der Waals surface area contributed by atoms with E-state index in [0.717, 1.165) is 19.3 Å². The van der Waals surface area contributed by atoms with E-state index in [2.05, 4.69) is 0 Å². The van der Waals surface area contributed by atoms with E-state index in [4.69, 9.17) is 9.47 Å². The van der Waals surface area contributed by atoms with Gasteiger partial charge in [0.15, 0.2) is 0 Å². The highest BCUT2D eigenvalue weighted by Gasteiger charge is 2.22. The molecule has 0 radical (unpaired) electrons. The van der Waals surface area contributed by atoms with Gasteiger partial charge in [-0.25, -0.2) is 0 Å². The zero-order valence-electron chi connectivity index (χ0n) is 7.75. The maximum Gasteiger partial charge on any atom is 0.306 e. The second-order valence-electron chi connectivity index (χ2n) is 3.13. The lowest BCUT2D eigenvalue weighted by atomic mass is 10.1. The molecular formula is C9H14O4. The molecule has 74 valence electrons. The lowest BCUT2D eigenvalue weighted by Crippen LogP contribution is -2.09. The molecule has 0 bridgehead atoms. The van der Waals surface area contributed by atoms with Crippen LogP contribution < -0.4 is 0 Å². The van der Waals surface area contributed by atoms with Crippen molar-refractivity contribution in [2.45, 2.75) is 38.7 Å². The van der Waals surface area contributed by atoms with Gasteiger partial charge in [0.25, 0.3) is 0 Å². The lowest BCUT2D eigenvalue weighted by molar-refractivity contribution is -0.144. The van der Waals surface area contributed by atoms with Gasteiger partial charge < -0.3 is 9.47 Å². The first-order valence-electron chi connectivity index (χ1n) is 4.51. The summed E-state index contributed by atoms with van der Waals surface area (Å²) >= 11 is 0. The molecule has 0 aromatic rings. The van der Waals surface area contributed by atoms with Crippen LogP contribution in [0.15, 0.2) is 0 Å². The monoisotopic (exact) mass is 186 g/mol. The normalized spacial score (nSPS) is 21.3. The summed E-state index contributed by atoms with van der Waals surface area (Å²) in [6.45, 7) is 1.80. The van der Waals surface area contributed by atoms with Gasteiger partial charge in [0.05, 0.1) is 6.61 Å². The van der Waals surface area contributed by atoms with Gasteiger partial charge in [-0.1, -0.05) is 0 Å². The van der Waals surface area contributed by atoms with Crippen molar-refractivity contribution in [2.75, 3.05) is 6.61 Å². The molecular weight excluding hydrogens is 172 g/mol. The largest absolute Gasteiger partial charge is 0.466 e. The van der Waals surface area contributed by atoms with Crippen molar-refractivity contribution in [1.29, 1.82) is 0 Å². The second-order valence-corrected chi connectivity index (χ2v) is 3.13. The molecule has 4 heteroatoms. The minimum absolute atomic E-state index is 0.0445. The molecule has 1 aliphatic rings. The van der Waals surface area contributed by atoms with Crippen LogP contribution in [0.5, 0.6) is 0 Å². The highest BCUT2D eigenvalue weighted by Crippen LogP contribution is 2.17. The number of carbonyl (C=O) groups excluding carboxylic acids is 2. The summed E-state index contributed by atoms with van der Waals surface area (Å²) in [6.07, 6.45) is 2.93. The number of ether oxygens (including phenoxy) is 2. The average molecular weight is 186 g/mol. The van der Waals surface area contributed by atoms with E-state index in [0.29, 0.717) is 13.0 Å². The van der Waals surface area contributed by atoms with Crippen molar-refractivity contribution in [3.05, 3.63) is 0 Å². The van der Waals surface area contributed by atoms with Gasteiger partial charge in [-0.3, -0.25) is 9.59 Å². The lowest BCUT2D eigenvalue weighted by Gasteiger charge is -2.07. The fourth-order valence-electron chi connectivity index (χ4n) is 1.31. The Bertz CT molecular complexity index is 200. The van der Waals surface area contributed by atoms with Gasteiger partial charge in [0.2, 0.25) is 0 Å². The maximum absolute atomic E-state index is 10.7. The molecule has 4 nitrogen and oxygen atoms in total. The summed E-state index contributed by atoms with van der Waals surface area (Å²) in [6, 6.07) is 0. The van der Waals surface area contributed by atoms with E-state index in [1.54, 1.807) is 0 Å². The standard InChI is InChI=1S/C9H14O4/c1-7(10)12-6-2-3-8-4-5-9(11)13-8/h8H,2-6H2,1H3. The average Bonchev–Trinajstić information content (AvgIpc) is 2.45. The Kier molecular flexibility index (Phi) is 3.73. The summed E-state index contributed by atoms with van der Waals surface area (Å²) in [5.74, 6) is -0.374. The molecule has 0 amide bonds. The summed E-state index contributed by atoms with van der Waals surface area (Å²) in [4.78, 5) is 21.1. The van der Waals surface area contributed by atoms with Crippen LogP contribution in [0, 0.1) is 0 Å². The summed E-state index contributed by atoms with van der Waals surface area (Å²) in [5.41, 5.74) is 0. The SMILES string of the molecule is CC(=O)OCCCC1CCC(=O)O1. The molecule has 1 atom stereocenters. The first-order valence-corrected chi connectivity index (χ1v) is 4.51. The van der Waals surface area contributed by atoms with E-state index in [1.807, 2.05) is 0 Å². The van der Waals surface area contributed by atoms with Gasteiger partial charge >= 0.3 is 11.9 Å². The third kappa shape index (κ3) is 3.92. The first-order chi connectivity index (χ1) is 6.18. The maximum atomic E-state index is 10.7. The van der Waals surface area contributed by atoms with Crippen LogP contribution >= 0.6 is 0 Å². The van der Waals surface area contributed by atoms with E-state index < -0.39 is 0 Å². The van der Waals surface area contributed by atoms with Gasteiger partial charge in [-0.15, -0.1) is 0 Å². The molecule has 1 rings (SSSR count). The molecule has 1 aliphatic heterocycles. The Morgan fingerprint density at radius 3 is 3.00 bits per heavy atom. The molecule has 1 heterocycles. The smallest absolute Gasteiger partial charge is 0.306 e. The molecule has 0 aromatic heterocycles. The number of esters is 2. The highest BCUT2D eigenvalue weighted by molar-refractivity contribution is 5.71. The van der Waals surface area contributed by atoms with Crippen molar-refractivity contribution in [1.82, 2.24) is 0 Å². The zero-order chi connectivity index (χ0) is 9.68. The number of hydrogen-bond acceptors (Lipinski definition) is 4. The third-order valence-electron chi connectivity index (χ3n) is 1.94. The molecule has 0 N–H and O–H groups in total. The first kappa shape index (κ1) is 10.0. The van der Waals surface area contributed by atoms with Crippen LogP contribution in [0.3, 0.4) is 0 Å². The number of hydrogen-bond donors (Lipinski definition) is 0. The number of cyclic esters (lactones) is 1. The van der Waals surface area contributed by atoms with Crippen LogP contribution in [0.25, 0.3) is 0 Å². The van der Waals surface area contributed by atoms with Gasteiger partial charge in [0, 0.05) is 13.3 Å². The summed E-state index contributed by atoms with van der Waals surface area (Å²) in [7, 11) is 0. The van der Waals surface area contributed by atoms with Gasteiger partial charge in [-0.05, 0) is 19.3 Å². The highest BCUT2D eigenvalue weighted by atomic mass is 16.6. The van der Waals surface area contributed by atoms with E-state index in [9.17, 15) is 9.59 Å². The molecule has 1 fully saturated rings. The molecule has 0 aliphatic carbocycles. The molecule has 13 heavy (non-hydrogen) atoms. The van der Waals surface area contributed by atoms with Gasteiger partial charge in [-0.2, -0.15) is 0 Å². The van der Waals surface area contributed by atoms with E-state index in [-0.39, 0.29) is 18.0 Å². The Morgan fingerprint density at radius 1 is 1.69 bits per heavy atom. The van der Waals surface area contributed by atoms with Gasteiger partial charge in [0.1, 0.15) is 6.10 Å². The minimum Gasteiger partial charge on any atom is -0.466 e. The van der Waals surface area contributed by atoms with E-state index >= 15 is 0 Å². The Morgan fingerprint density at radius 2 is 2.46 bits per heavy atom. The van der Waals surface area contributed by atoms with Crippen molar-refractivity contribution < 1.29 is 19.1 Å². The molecule has 1 saturated heterocycles. The van der Waals surface area contributed by atoms with Crippen molar-refractivity contribution in [3.63, 3.8) is 0 Å². The van der Waals surface area contributed by atoms with Crippen LogP contribution in [0.4, 0.5) is 0 Å². The Labute approximate surface area is 77.2 Å². The van der Waals surface area contributed by atoms with Crippen LogP contribution in [-0.4, -0.2) is 24.6 Å². The van der Waals surface area contributed by atoms with Crippen molar-refractivity contribution in [3.8, 4) is 0 Å². The predicted molar refractivity (Wildman–Crippen MR) is 45.0 cm³/mol. The van der Waals surface area contributed by atoms with E-state index in [1.165, 1.54) is 6.92 Å². The number of rotatable bonds is 4. The molecule has 0 spiro atoms. The van der Waals surface area contributed by atoms with Crippen LogP contribution in [0.2, 0.25) is 0 Å². The van der Waals surface area contributed by atoms with Crippen molar-refractivity contribution >= 4 is 11.9 Å². The third-order valence-corrected chi connectivity index (χ3v) is 1.94. The predicted octanol–water partition coefficient (Wildman–Crippen LogP) is 1.04. The quantitative estimate of drug-likeness (QED) is 0.486. The van der Waals surface area contributed by atoms with Crippen LogP contribution in [0.1, 0.15) is 32.6 Å². The summed E-state index contributed by atoms with van der Waals surface area (Å²) < 4.78 is 9.74. The Hall–Kier alpha value is -1.06.